The van der Waals surface area contributed by atoms with Gasteiger partial charge in [0.15, 0.2) is 0 Å². The molecule has 2 N–H and O–H groups in total. The van der Waals surface area contributed by atoms with Crippen molar-refractivity contribution in [3.8, 4) is 11.3 Å². The van der Waals surface area contributed by atoms with Gasteiger partial charge in [-0.05, 0) is 48.4 Å². The number of nitrogens with zero attached hydrogens (tertiary/aromatic N) is 3. The van der Waals surface area contributed by atoms with Gasteiger partial charge in [0.1, 0.15) is 5.82 Å². The molecular formula is C24H28FN5O. The summed E-state index contributed by atoms with van der Waals surface area (Å²) >= 11 is 0. The fourth-order valence-electron chi connectivity index (χ4n) is 4.08. The summed E-state index contributed by atoms with van der Waals surface area (Å²) in [7, 11) is 3.44. The molecule has 162 valence electrons. The molecule has 1 aliphatic carbocycles. The van der Waals surface area contributed by atoms with E-state index in [1.165, 1.54) is 11.6 Å². The van der Waals surface area contributed by atoms with Crippen LogP contribution in [0.15, 0.2) is 36.4 Å². The Morgan fingerprint density at radius 1 is 1.26 bits per heavy atom. The molecule has 2 heterocycles. The van der Waals surface area contributed by atoms with Crippen molar-refractivity contribution in [3.63, 3.8) is 0 Å². The van der Waals surface area contributed by atoms with Gasteiger partial charge in [-0.25, -0.2) is 4.98 Å². The van der Waals surface area contributed by atoms with Crippen LogP contribution >= 0.6 is 0 Å². The van der Waals surface area contributed by atoms with Crippen LogP contribution in [-0.2, 0) is 19.4 Å². The predicted octanol–water partition coefficient (Wildman–Crippen LogP) is 4.44. The maximum atomic E-state index is 14.3. The van der Waals surface area contributed by atoms with Gasteiger partial charge in [-0.2, -0.15) is 9.49 Å². The number of benzene rings is 1. The summed E-state index contributed by atoms with van der Waals surface area (Å²) in [5.41, 5.74) is 5.60. The van der Waals surface area contributed by atoms with E-state index in [0.717, 1.165) is 36.2 Å². The molecule has 0 fully saturated rings. The summed E-state index contributed by atoms with van der Waals surface area (Å²) in [4.78, 5) is 17.7. The van der Waals surface area contributed by atoms with E-state index in [1.807, 2.05) is 24.3 Å². The van der Waals surface area contributed by atoms with Crippen LogP contribution in [0.3, 0.4) is 0 Å². The van der Waals surface area contributed by atoms with Crippen molar-refractivity contribution in [1.29, 1.82) is 0 Å². The molecule has 7 heteroatoms. The van der Waals surface area contributed by atoms with Crippen LogP contribution in [0.2, 0.25) is 0 Å². The van der Waals surface area contributed by atoms with Crippen LogP contribution in [-0.4, -0.2) is 40.1 Å². The van der Waals surface area contributed by atoms with Gasteiger partial charge in [-0.1, -0.05) is 26.0 Å². The van der Waals surface area contributed by atoms with Gasteiger partial charge in [-0.15, -0.1) is 0 Å². The first-order valence-corrected chi connectivity index (χ1v) is 10.5. The van der Waals surface area contributed by atoms with Crippen molar-refractivity contribution in [3.05, 3.63) is 64.7 Å². The zero-order valence-corrected chi connectivity index (χ0v) is 18.4. The highest BCUT2D eigenvalue weighted by Gasteiger charge is 2.29. The van der Waals surface area contributed by atoms with E-state index in [-0.39, 0.29) is 11.3 Å². The second-order valence-electron chi connectivity index (χ2n) is 9.19. The quantitative estimate of drug-likeness (QED) is 0.598. The number of anilines is 1. The lowest BCUT2D eigenvalue weighted by molar-refractivity contribution is 0.0827. The number of pyridine rings is 1. The van der Waals surface area contributed by atoms with Crippen molar-refractivity contribution in [2.24, 2.45) is 5.41 Å². The molecule has 0 atom stereocenters. The Balaban J connectivity index is 1.54. The first-order chi connectivity index (χ1) is 14.7. The van der Waals surface area contributed by atoms with Gasteiger partial charge in [0.25, 0.3) is 5.91 Å². The van der Waals surface area contributed by atoms with E-state index in [1.54, 1.807) is 25.1 Å². The zero-order chi connectivity index (χ0) is 22.2. The molecule has 0 unspecified atom stereocenters. The summed E-state index contributed by atoms with van der Waals surface area (Å²) in [5.74, 6) is -0.170. The Hall–Kier alpha value is -3.22. The highest BCUT2D eigenvalue weighted by molar-refractivity contribution is 5.94. The van der Waals surface area contributed by atoms with Crippen LogP contribution < -0.4 is 5.32 Å². The third-order valence-corrected chi connectivity index (χ3v) is 5.78. The summed E-state index contributed by atoms with van der Waals surface area (Å²) in [6, 6.07) is 10.6. The molecule has 1 aliphatic rings. The fraction of sp³-hybridized carbons (Fsp3) is 0.375. The summed E-state index contributed by atoms with van der Waals surface area (Å²) in [6.45, 7) is 4.94. The number of halogens is 1. The van der Waals surface area contributed by atoms with Crippen LogP contribution in [0.5, 0.6) is 0 Å². The van der Waals surface area contributed by atoms with E-state index in [0.29, 0.717) is 23.5 Å². The minimum absolute atomic E-state index is 0.0560. The molecule has 0 bridgehead atoms. The average molecular weight is 422 g/mol. The fourth-order valence-corrected chi connectivity index (χ4v) is 4.08. The lowest BCUT2D eigenvalue weighted by Gasteiger charge is -2.29. The first kappa shape index (κ1) is 21.0. The molecule has 3 aromatic rings. The summed E-state index contributed by atoms with van der Waals surface area (Å²) < 4.78 is 14.3. The maximum absolute atomic E-state index is 14.3. The average Bonchev–Trinajstić information content (AvgIpc) is 3.13. The standard InChI is InChI=1S/C24H28FN5O/c1-24(2)9-8-18-19(13-24)28-29-22(18)17-11-20(25)27-21(12-17)26-14-15-6-5-7-16(10-15)23(31)30(3)4/h5-7,10-12H,8-9,13-14H2,1-4H3,(H,26,27)(H,28,29). The SMILES string of the molecule is CN(C)C(=O)c1cccc(CNc2cc(-c3n[nH]c4c3CCC(C)(C)C4)cc(F)n2)c1. The van der Waals surface area contributed by atoms with Crippen LogP contribution in [0.1, 0.15) is 47.4 Å². The number of nitrogens with one attached hydrogen (secondary N) is 2. The van der Waals surface area contributed by atoms with Crippen molar-refractivity contribution < 1.29 is 9.18 Å². The van der Waals surface area contributed by atoms with Crippen LogP contribution in [0.4, 0.5) is 10.2 Å². The van der Waals surface area contributed by atoms with E-state index in [9.17, 15) is 9.18 Å². The Morgan fingerprint density at radius 3 is 2.84 bits per heavy atom. The highest BCUT2D eigenvalue weighted by atomic mass is 19.1. The molecule has 1 aromatic carbocycles. The predicted molar refractivity (Wildman–Crippen MR) is 119 cm³/mol. The lowest BCUT2D eigenvalue weighted by Crippen LogP contribution is -2.21. The molecule has 0 aliphatic heterocycles. The Bertz CT molecular complexity index is 1120. The molecule has 4 rings (SSSR count). The Morgan fingerprint density at radius 2 is 2.06 bits per heavy atom. The molecule has 0 radical (unpaired) electrons. The normalized spacial score (nSPS) is 14.7. The number of H-pyrrole nitrogens is 1. The second kappa shape index (κ2) is 8.13. The molecule has 0 spiro atoms. The Kier molecular flexibility index (Phi) is 5.52. The molecule has 0 saturated carbocycles. The third-order valence-electron chi connectivity index (χ3n) is 5.78. The van der Waals surface area contributed by atoms with E-state index in [2.05, 4.69) is 34.3 Å². The van der Waals surface area contributed by atoms with E-state index in [4.69, 9.17) is 0 Å². The number of carbonyl (C=O) groups excluding carboxylic acids is 1. The molecule has 2 aromatic heterocycles. The highest BCUT2D eigenvalue weighted by Crippen LogP contribution is 2.38. The molecule has 1 amide bonds. The number of carbonyl (C=O) groups is 1. The van der Waals surface area contributed by atoms with Gasteiger partial charge in [0.2, 0.25) is 5.95 Å². The number of hydrogen-bond donors (Lipinski definition) is 2. The third kappa shape index (κ3) is 4.60. The summed E-state index contributed by atoms with van der Waals surface area (Å²) in [6.07, 6.45) is 2.94. The minimum Gasteiger partial charge on any atom is -0.366 e. The maximum Gasteiger partial charge on any atom is 0.253 e. The number of amides is 1. The number of fused-ring (bicyclic) bond motifs is 1. The second-order valence-corrected chi connectivity index (χ2v) is 9.19. The Labute approximate surface area is 181 Å². The van der Waals surface area contributed by atoms with E-state index >= 15 is 0 Å². The number of aromatic amines is 1. The lowest BCUT2D eigenvalue weighted by atomic mass is 9.76. The van der Waals surface area contributed by atoms with Gasteiger partial charge in [0.05, 0.1) is 5.69 Å². The van der Waals surface area contributed by atoms with Crippen molar-refractivity contribution in [1.82, 2.24) is 20.1 Å². The molecule has 31 heavy (non-hydrogen) atoms. The molecular weight excluding hydrogens is 393 g/mol. The minimum atomic E-state index is -0.551. The van der Waals surface area contributed by atoms with E-state index < -0.39 is 5.95 Å². The number of hydrogen-bond acceptors (Lipinski definition) is 4. The van der Waals surface area contributed by atoms with Crippen molar-refractivity contribution >= 4 is 11.7 Å². The molecule has 0 saturated heterocycles. The topological polar surface area (TPSA) is 73.9 Å². The van der Waals surface area contributed by atoms with Crippen LogP contribution in [0, 0.1) is 11.4 Å². The number of rotatable bonds is 5. The monoisotopic (exact) mass is 421 g/mol. The zero-order valence-electron chi connectivity index (χ0n) is 18.4. The van der Waals surface area contributed by atoms with Gasteiger partial charge in [-0.3, -0.25) is 9.89 Å². The van der Waals surface area contributed by atoms with Crippen molar-refractivity contribution in [2.75, 3.05) is 19.4 Å². The summed E-state index contributed by atoms with van der Waals surface area (Å²) in [5, 5.41) is 10.8. The smallest absolute Gasteiger partial charge is 0.253 e. The van der Waals surface area contributed by atoms with Crippen LogP contribution in [0.25, 0.3) is 11.3 Å². The number of aromatic nitrogens is 3. The van der Waals surface area contributed by atoms with Gasteiger partial charge < -0.3 is 10.2 Å². The largest absolute Gasteiger partial charge is 0.366 e. The molecule has 6 nitrogen and oxygen atoms in total. The van der Waals surface area contributed by atoms with Gasteiger partial charge >= 0.3 is 0 Å². The van der Waals surface area contributed by atoms with Crippen molar-refractivity contribution in [2.45, 2.75) is 39.7 Å². The first-order valence-electron chi connectivity index (χ1n) is 10.5. The van der Waals surface area contributed by atoms with Gasteiger partial charge in [0, 0.05) is 49.1 Å².